The van der Waals surface area contributed by atoms with Crippen molar-refractivity contribution in [2.75, 3.05) is 7.11 Å². The van der Waals surface area contributed by atoms with Crippen LogP contribution in [-0.2, 0) is 28.6 Å². The van der Waals surface area contributed by atoms with E-state index in [2.05, 4.69) is 4.99 Å². The third kappa shape index (κ3) is 6.08. The summed E-state index contributed by atoms with van der Waals surface area (Å²) in [4.78, 5) is 54.8. The van der Waals surface area contributed by atoms with E-state index < -0.39 is 46.9 Å². The molecular formula is C27H28N2O8. The number of hydrogen-bond donors (Lipinski definition) is 0. The number of nitrogens with zero attached hydrogens (tertiary/aromatic N) is 2. The molecule has 194 valence electrons. The lowest BCUT2D eigenvalue weighted by molar-refractivity contribution is -0.384. The van der Waals surface area contributed by atoms with Gasteiger partial charge in [-0.2, -0.15) is 0 Å². The fourth-order valence-electron chi connectivity index (χ4n) is 4.26. The maximum Gasteiger partial charge on any atom is 0.351 e. The van der Waals surface area contributed by atoms with Gasteiger partial charge in [-0.3, -0.25) is 19.9 Å². The van der Waals surface area contributed by atoms with Crippen LogP contribution in [0.25, 0.3) is 0 Å². The standard InChI is InChI=1S/C27H28N2O8/c1-15(2)36-25(30)21-16(3)28-17(4)22(23(21)19-12-9-13-20(14-19)29(33)34)26(31)37-24(27(32)35-5)18-10-7-6-8-11-18/h6-15,21,23-24H,1-5H3. The Morgan fingerprint density at radius 2 is 1.68 bits per heavy atom. The molecule has 0 fully saturated rings. The van der Waals surface area contributed by atoms with E-state index in [9.17, 15) is 24.5 Å². The van der Waals surface area contributed by atoms with Crippen LogP contribution in [0.5, 0.6) is 0 Å². The van der Waals surface area contributed by atoms with Crippen molar-refractivity contribution in [3.63, 3.8) is 0 Å². The van der Waals surface area contributed by atoms with E-state index in [0.29, 0.717) is 16.8 Å². The quantitative estimate of drug-likeness (QED) is 0.221. The summed E-state index contributed by atoms with van der Waals surface area (Å²) in [5, 5.41) is 11.5. The SMILES string of the molecule is COC(=O)C(OC(=O)C1=C(C)N=C(C)C(C(=O)OC(C)C)C1c1cccc([N+](=O)[O-])c1)c1ccccc1. The highest BCUT2D eigenvalue weighted by Crippen LogP contribution is 2.41. The lowest BCUT2D eigenvalue weighted by Crippen LogP contribution is -2.38. The number of benzene rings is 2. The van der Waals surface area contributed by atoms with Crippen LogP contribution in [0.3, 0.4) is 0 Å². The molecule has 1 aliphatic rings. The first-order valence-electron chi connectivity index (χ1n) is 11.6. The van der Waals surface area contributed by atoms with Gasteiger partial charge in [-0.05, 0) is 33.3 Å². The third-order valence-electron chi connectivity index (χ3n) is 5.84. The number of carbonyl (C=O) groups is 3. The molecule has 37 heavy (non-hydrogen) atoms. The van der Waals surface area contributed by atoms with Gasteiger partial charge in [0.05, 0.1) is 23.7 Å². The monoisotopic (exact) mass is 508 g/mol. The van der Waals surface area contributed by atoms with Crippen LogP contribution >= 0.6 is 0 Å². The van der Waals surface area contributed by atoms with Crippen LogP contribution in [0, 0.1) is 16.0 Å². The number of esters is 3. The second kappa shape index (κ2) is 11.6. The van der Waals surface area contributed by atoms with E-state index in [0.717, 1.165) is 0 Å². The van der Waals surface area contributed by atoms with E-state index in [-0.39, 0.29) is 17.0 Å². The fourth-order valence-corrected chi connectivity index (χ4v) is 4.26. The zero-order chi connectivity index (χ0) is 27.3. The zero-order valence-electron chi connectivity index (χ0n) is 21.2. The number of rotatable bonds is 8. The van der Waals surface area contributed by atoms with Crippen molar-refractivity contribution in [3.05, 3.63) is 87.1 Å². The average Bonchev–Trinajstić information content (AvgIpc) is 2.86. The minimum atomic E-state index is -1.38. The van der Waals surface area contributed by atoms with Crippen LogP contribution in [-0.4, -0.2) is 41.8 Å². The topological polar surface area (TPSA) is 134 Å². The average molecular weight is 509 g/mol. The van der Waals surface area contributed by atoms with Crippen molar-refractivity contribution in [2.45, 2.75) is 45.8 Å². The Hall–Kier alpha value is -4.34. The summed E-state index contributed by atoms with van der Waals surface area (Å²) in [6.07, 6.45) is -1.83. The minimum absolute atomic E-state index is 0.0124. The van der Waals surface area contributed by atoms with Gasteiger partial charge >= 0.3 is 17.9 Å². The molecule has 0 radical (unpaired) electrons. The number of allylic oxidation sites excluding steroid dienone is 1. The molecule has 0 amide bonds. The largest absolute Gasteiger partial charge is 0.466 e. The number of methoxy groups -OCH3 is 1. The normalized spacial score (nSPS) is 18.1. The Morgan fingerprint density at radius 1 is 1.00 bits per heavy atom. The number of ether oxygens (including phenoxy) is 3. The van der Waals surface area contributed by atoms with Crippen LogP contribution in [0.15, 0.2) is 70.9 Å². The molecule has 0 aromatic heterocycles. The molecule has 1 heterocycles. The van der Waals surface area contributed by atoms with Gasteiger partial charge in [0.2, 0.25) is 6.10 Å². The first-order chi connectivity index (χ1) is 17.5. The Bertz CT molecular complexity index is 1270. The van der Waals surface area contributed by atoms with Crippen LogP contribution in [0.1, 0.15) is 50.8 Å². The second-order valence-corrected chi connectivity index (χ2v) is 8.76. The van der Waals surface area contributed by atoms with Gasteiger partial charge in [-0.25, -0.2) is 9.59 Å². The Balaban J connectivity index is 2.14. The van der Waals surface area contributed by atoms with Crippen molar-refractivity contribution in [3.8, 4) is 0 Å². The number of hydrogen-bond acceptors (Lipinski definition) is 9. The number of carbonyl (C=O) groups excluding carboxylic acids is 3. The van der Waals surface area contributed by atoms with E-state index in [1.54, 1.807) is 64.1 Å². The molecule has 3 rings (SSSR count). The molecule has 0 saturated carbocycles. The summed E-state index contributed by atoms with van der Waals surface area (Å²) in [7, 11) is 1.18. The molecule has 0 spiro atoms. The number of nitro groups is 1. The summed E-state index contributed by atoms with van der Waals surface area (Å²) in [6.45, 7) is 6.58. The molecule has 2 aromatic rings. The summed E-state index contributed by atoms with van der Waals surface area (Å²) in [6, 6.07) is 14.0. The summed E-state index contributed by atoms with van der Waals surface area (Å²) >= 11 is 0. The molecule has 3 atom stereocenters. The van der Waals surface area contributed by atoms with Crippen molar-refractivity contribution in [1.82, 2.24) is 0 Å². The van der Waals surface area contributed by atoms with Gasteiger partial charge < -0.3 is 14.2 Å². The predicted molar refractivity (Wildman–Crippen MR) is 134 cm³/mol. The Kier molecular flexibility index (Phi) is 8.54. The molecule has 1 aliphatic heterocycles. The zero-order valence-corrected chi connectivity index (χ0v) is 21.2. The molecule has 2 aromatic carbocycles. The minimum Gasteiger partial charge on any atom is -0.466 e. The molecule has 10 nitrogen and oxygen atoms in total. The van der Waals surface area contributed by atoms with E-state index >= 15 is 0 Å². The summed E-state index contributed by atoms with van der Waals surface area (Å²) < 4.78 is 15.9. The highest BCUT2D eigenvalue weighted by Gasteiger charge is 2.44. The fraction of sp³-hybridized carbons (Fsp3) is 0.333. The first-order valence-corrected chi connectivity index (χ1v) is 11.6. The maximum absolute atomic E-state index is 13.7. The molecule has 10 heteroatoms. The Labute approximate surface area is 214 Å². The van der Waals surface area contributed by atoms with E-state index in [4.69, 9.17) is 14.2 Å². The highest BCUT2D eigenvalue weighted by atomic mass is 16.6. The Morgan fingerprint density at radius 3 is 2.27 bits per heavy atom. The molecule has 3 unspecified atom stereocenters. The summed E-state index contributed by atoms with van der Waals surface area (Å²) in [5.74, 6) is -4.41. The second-order valence-electron chi connectivity index (χ2n) is 8.76. The smallest absolute Gasteiger partial charge is 0.351 e. The van der Waals surface area contributed by atoms with Crippen molar-refractivity contribution < 1.29 is 33.5 Å². The van der Waals surface area contributed by atoms with Crippen LogP contribution < -0.4 is 0 Å². The van der Waals surface area contributed by atoms with Gasteiger partial charge in [0.1, 0.15) is 5.92 Å². The number of non-ortho nitro benzene ring substituents is 1. The number of aliphatic imine (C=N–C) groups is 1. The lowest BCUT2D eigenvalue weighted by atomic mass is 9.75. The van der Waals surface area contributed by atoms with Crippen LogP contribution in [0.2, 0.25) is 0 Å². The van der Waals surface area contributed by atoms with Gasteiger partial charge in [-0.15, -0.1) is 0 Å². The summed E-state index contributed by atoms with van der Waals surface area (Å²) in [5.41, 5.74) is 1.12. The van der Waals surface area contributed by atoms with Gasteiger partial charge in [0, 0.05) is 35.0 Å². The molecular weight excluding hydrogens is 480 g/mol. The third-order valence-corrected chi connectivity index (χ3v) is 5.84. The van der Waals surface area contributed by atoms with Crippen molar-refractivity contribution >= 4 is 29.3 Å². The predicted octanol–water partition coefficient (Wildman–Crippen LogP) is 4.45. The van der Waals surface area contributed by atoms with Crippen molar-refractivity contribution in [2.24, 2.45) is 10.9 Å². The first kappa shape index (κ1) is 27.3. The molecule has 0 bridgehead atoms. The van der Waals surface area contributed by atoms with Crippen molar-refractivity contribution in [1.29, 1.82) is 0 Å². The maximum atomic E-state index is 13.7. The van der Waals surface area contributed by atoms with Gasteiger partial charge in [0.25, 0.3) is 5.69 Å². The van der Waals surface area contributed by atoms with E-state index in [1.807, 2.05) is 0 Å². The molecule has 0 aliphatic carbocycles. The number of nitro benzene ring substituents is 1. The van der Waals surface area contributed by atoms with E-state index in [1.165, 1.54) is 25.3 Å². The highest BCUT2D eigenvalue weighted by molar-refractivity contribution is 6.07. The molecule has 0 N–H and O–H groups in total. The lowest BCUT2D eigenvalue weighted by Gasteiger charge is -2.32. The molecule has 0 saturated heterocycles. The van der Waals surface area contributed by atoms with Crippen LogP contribution in [0.4, 0.5) is 5.69 Å². The van der Waals surface area contributed by atoms with Gasteiger partial charge in [0.15, 0.2) is 0 Å². The van der Waals surface area contributed by atoms with Gasteiger partial charge in [-0.1, -0.05) is 42.5 Å².